The van der Waals surface area contributed by atoms with Gasteiger partial charge >= 0.3 is 0 Å². The van der Waals surface area contributed by atoms with Crippen molar-refractivity contribution in [3.05, 3.63) is 41.0 Å². The van der Waals surface area contributed by atoms with Crippen LogP contribution in [0.4, 0.5) is 0 Å². The molecule has 0 N–H and O–H groups in total. The summed E-state index contributed by atoms with van der Waals surface area (Å²) in [7, 11) is 8.04. The minimum Gasteiger partial charge on any atom is -0.493 e. The Hall–Kier alpha value is -3.35. The van der Waals surface area contributed by atoms with Crippen molar-refractivity contribution in [2.45, 2.75) is 38.5 Å². The number of rotatable bonds is 7. The third-order valence-corrected chi connectivity index (χ3v) is 6.99. The molecule has 0 unspecified atom stereocenters. The van der Waals surface area contributed by atoms with E-state index in [9.17, 15) is 4.79 Å². The van der Waals surface area contributed by atoms with Gasteiger partial charge in [0.1, 0.15) is 0 Å². The SMILES string of the molecule is COc1cc2c(cc1OC)/C(=C/c1cc(OC)c(OC)c(OC)c1)N(C(=O)C1CCCCC1)CC2. The molecule has 0 bridgehead atoms. The number of hydrogen-bond acceptors (Lipinski definition) is 6. The van der Waals surface area contributed by atoms with Crippen molar-refractivity contribution in [1.82, 2.24) is 4.90 Å². The molecule has 1 heterocycles. The summed E-state index contributed by atoms with van der Waals surface area (Å²) in [5.41, 5.74) is 3.77. The minimum atomic E-state index is 0.0637. The standard InChI is InChI=1S/C28H35NO6/c1-31-23-16-20-11-12-29(28(30)19-9-7-6-8-10-19)22(21(20)17-24(23)32-2)13-18-14-25(33-3)27(35-5)26(15-18)34-4/h13-17,19H,6-12H2,1-5H3/b22-13-. The molecule has 0 saturated heterocycles. The molecular weight excluding hydrogens is 446 g/mol. The van der Waals surface area contributed by atoms with Gasteiger partial charge in [-0.15, -0.1) is 0 Å². The van der Waals surface area contributed by atoms with Gasteiger partial charge in [0.05, 0.1) is 41.2 Å². The Morgan fingerprint density at radius 1 is 0.800 bits per heavy atom. The number of carbonyl (C=O) groups is 1. The van der Waals surface area contributed by atoms with E-state index in [4.69, 9.17) is 23.7 Å². The molecular formula is C28H35NO6. The van der Waals surface area contributed by atoms with E-state index < -0.39 is 0 Å². The molecule has 188 valence electrons. The quantitative estimate of drug-likeness (QED) is 0.542. The van der Waals surface area contributed by atoms with Crippen molar-refractivity contribution in [2.24, 2.45) is 5.92 Å². The Bertz CT molecular complexity index is 1080. The Morgan fingerprint density at radius 3 is 1.97 bits per heavy atom. The van der Waals surface area contributed by atoms with E-state index in [2.05, 4.69) is 0 Å². The van der Waals surface area contributed by atoms with Gasteiger partial charge < -0.3 is 28.6 Å². The zero-order chi connectivity index (χ0) is 24.9. The number of nitrogens with zero attached hydrogens (tertiary/aromatic N) is 1. The lowest BCUT2D eigenvalue weighted by molar-refractivity contribution is -0.133. The maximum atomic E-state index is 13.7. The van der Waals surface area contributed by atoms with Crippen LogP contribution in [0.5, 0.6) is 28.7 Å². The van der Waals surface area contributed by atoms with Crippen molar-refractivity contribution < 1.29 is 28.5 Å². The monoisotopic (exact) mass is 481 g/mol. The Labute approximate surface area is 207 Å². The van der Waals surface area contributed by atoms with Crippen LogP contribution in [0, 0.1) is 5.92 Å². The molecule has 0 atom stereocenters. The summed E-state index contributed by atoms with van der Waals surface area (Å²) in [6.45, 7) is 0.619. The molecule has 2 aliphatic rings. The summed E-state index contributed by atoms with van der Waals surface area (Å²) in [5.74, 6) is 3.24. The third kappa shape index (κ3) is 4.90. The van der Waals surface area contributed by atoms with Crippen LogP contribution in [-0.2, 0) is 11.2 Å². The van der Waals surface area contributed by atoms with Crippen LogP contribution in [0.3, 0.4) is 0 Å². The lowest BCUT2D eigenvalue weighted by atomic mass is 9.86. The van der Waals surface area contributed by atoms with Crippen molar-refractivity contribution in [2.75, 3.05) is 42.1 Å². The highest BCUT2D eigenvalue weighted by molar-refractivity contribution is 5.95. The highest BCUT2D eigenvalue weighted by atomic mass is 16.5. The molecule has 0 spiro atoms. The number of carbonyl (C=O) groups excluding carboxylic acids is 1. The molecule has 7 nitrogen and oxygen atoms in total. The average Bonchev–Trinajstić information content (AvgIpc) is 2.91. The van der Waals surface area contributed by atoms with Crippen LogP contribution in [0.2, 0.25) is 0 Å². The molecule has 1 aliphatic carbocycles. The zero-order valence-electron chi connectivity index (χ0n) is 21.3. The Balaban J connectivity index is 1.86. The summed E-state index contributed by atoms with van der Waals surface area (Å²) >= 11 is 0. The summed E-state index contributed by atoms with van der Waals surface area (Å²) in [6.07, 6.45) is 8.10. The van der Waals surface area contributed by atoms with E-state index in [0.29, 0.717) is 35.3 Å². The number of ether oxygens (including phenoxy) is 5. The molecule has 7 heteroatoms. The Morgan fingerprint density at radius 2 is 1.40 bits per heavy atom. The largest absolute Gasteiger partial charge is 0.493 e. The highest BCUT2D eigenvalue weighted by Crippen LogP contribution is 2.42. The van der Waals surface area contributed by atoms with Crippen molar-refractivity contribution in [3.8, 4) is 28.7 Å². The van der Waals surface area contributed by atoms with E-state index in [1.807, 2.05) is 35.2 Å². The molecule has 4 rings (SSSR count). The van der Waals surface area contributed by atoms with E-state index in [0.717, 1.165) is 54.5 Å². The fraction of sp³-hybridized carbons (Fsp3) is 0.464. The normalized spacial score (nSPS) is 17.1. The number of methoxy groups -OCH3 is 5. The number of hydrogen-bond donors (Lipinski definition) is 0. The first-order chi connectivity index (χ1) is 17.0. The van der Waals surface area contributed by atoms with E-state index in [1.54, 1.807) is 35.5 Å². The van der Waals surface area contributed by atoms with Crippen LogP contribution < -0.4 is 23.7 Å². The first kappa shape index (κ1) is 24.8. The van der Waals surface area contributed by atoms with Gasteiger partial charge in [-0.1, -0.05) is 19.3 Å². The highest BCUT2D eigenvalue weighted by Gasteiger charge is 2.32. The molecule has 1 saturated carbocycles. The van der Waals surface area contributed by atoms with Crippen molar-refractivity contribution in [1.29, 1.82) is 0 Å². The van der Waals surface area contributed by atoms with Gasteiger partial charge in [0.2, 0.25) is 11.7 Å². The van der Waals surface area contributed by atoms with E-state index in [1.165, 1.54) is 6.42 Å². The number of amides is 1. The fourth-order valence-corrected chi connectivity index (χ4v) is 5.16. The molecule has 1 aliphatic heterocycles. The average molecular weight is 482 g/mol. The van der Waals surface area contributed by atoms with Gasteiger partial charge in [-0.05, 0) is 60.7 Å². The third-order valence-electron chi connectivity index (χ3n) is 6.99. The van der Waals surface area contributed by atoms with Crippen LogP contribution in [0.25, 0.3) is 11.8 Å². The van der Waals surface area contributed by atoms with Crippen LogP contribution >= 0.6 is 0 Å². The maximum Gasteiger partial charge on any atom is 0.230 e. The Kier molecular flexibility index (Phi) is 7.73. The second-order valence-electron chi connectivity index (χ2n) is 8.93. The summed E-state index contributed by atoms with van der Waals surface area (Å²) < 4.78 is 27.8. The van der Waals surface area contributed by atoms with Gasteiger partial charge in [-0.3, -0.25) is 4.79 Å². The van der Waals surface area contributed by atoms with Gasteiger partial charge in [0.15, 0.2) is 23.0 Å². The second kappa shape index (κ2) is 10.9. The fourth-order valence-electron chi connectivity index (χ4n) is 5.16. The minimum absolute atomic E-state index is 0.0637. The van der Waals surface area contributed by atoms with Crippen molar-refractivity contribution >= 4 is 17.7 Å². The van der Waals surface area contributed by atoms with Gasteiger partial charge in [-0.2, -0.15) is 0 Å². The zero-order valence-corrected chi connectivity index (χ0v) is 21.3. The molecule has 2 aromatic carbocycles. The van der Waals surface area contributed by atoms with Crippen molar-refractivity contribution in [3.63, 3.8) is 0 Å². The molecule has 35 heavy (non-hydrogen) atoms. The lowest BCUT2D eigenvalue weighted by Gasteiger charge is -2.35. The van der Waals surface area contributed by atoms with E-state index in [-0.39, 0.29) is 11.8 Å². The van der Waals surface area contributed by atoms with Gasteiger partial charge in [0, 0.05) is 18.0 Å². The number of fused-ring (bicyclic) bond motifs is 1. The van der Waals surface area contributed by atoms with Gasteiger partial charge in [0.25, 0.3) is 0 Å². The van der Waals surface area contributed by atoms with Crippen LogP contribution in [0.1, 0.15) is 48.8 Å². The molecule has 1 fully saturated rings. The first-order valence-corrected chi connectivity index (χ1v) is 12.1. The summed E-state index contributed by atoms with van der Waals surface area (Å²) in [4.78, 5) is 15.7. The lowest BCUT2D eigenvalue weighted by Crippen LogP contribution is -2.39. The predicted molar refractivity (Wildman–Crippen MR) is 136 cm³/mol. The van der Waals surface area contributed by atoms with Crippen LogP contribution in [0.15, 0.2) is 24.3 Å². The summed E-state index contributed by atoms with van der Waals surface area (Å²) in [5, 5.41) is 0. The first-order valence-electron chi connectivity index (χ1n) is 12.1. The predicted octanol–water partition coefficient (Wildman–Crippen LogP) is 5.19. The smallest absolute Gasteiger partial charge is 0.230 e. The van der Waals surface area contributed by atoms with Crippen LogP contribution in [-0.4, -0.2) is 52.9 Å². The number of benzene rings is 2. The molecule has 0 aromatic heterocycles. The van der Waals surface area contributed by atoms with Gasteiger partial charge in [-0.25, -0.2) is 0 Å². The second-order valence-corrected chi connectivity index (χ2v) is 8.93. The molecule has 1 amide bonds. The maximum absolute atomic E-state index is 13.7. The van der Waals surface area contributed by atoms with E-state index >= 15 is 0 Å². The topological polar surface area (TPSA) is 66.5 Å². The molecule has 0 radical (unpaired) electrons. The molecule has 2 aromatic rings. The summed E-state index contributed by atoms with van der Waals surface area (Å²) in [6, 6.07) is 7.78.